The van der Waals surface area contributed by atoms with E-state index in [1.54, 1.807) is 6.07 Å². The Bertz CT molecular complexity index is 291. The monoisotopic (exact) mass is 314 g/mol. The molecule has 0 amide bonds. The molecular formula is C9H9ClFIO. The molecule has 0 fully saturated rings. The Morgan fingerprint density at radius 2 is 2.08 bits per heavy atom. The van der Waals surface area contributed by atoms with Crippen molar-refractivity contribution in [2.75, 3.05) is 0 Å². The molecule has 0 unspecified atom stereocenters. The van der Waals surface area contributed by atoms with E-state index in [2.05, 4.69) is 0 Å². The summed E-state index contributed by atoms with van der Waals surface area (Å²) in [5.41, 5.74) is 0. The van der Waals surface area contributed by atoms with Crippen LogP contribution in [0.25, 0.3) is 0 Å². The minimum Gasteiger partial charge on any atom is -0.487 e. The van der Waals surface area contributed by atoms with Crippen molar-refractivity contribution in [3.63, 3.8) is 0 Å². The topological polar surface area (TPSA) is 9.23 Å². The van der Waals surface area contributed by atoms with Gasteiger partial charge in [0.1, 0.15) is 0 Å². The maximum atomic E-state index is 13.3. The first-order valence-electron chi connectivity index (χ1n) is 3.82. The Hall–Kier alpha value is -0.0300. The Labute approximate surface area is 95.4 Å². The summed E-state index contributed by atoms with van der Waals surface area (Å²) in [6.45, 7) is 3.70. The van der Waals surface area contributed by atoms with E-state index >= 15 is 0 Å². The first-order valence-corrected chi connectivity index (χ1v) is 5.27. The fourth-order valence-electron chi connectivity index (χ4n) is 0.877. The number of hydrogen-bond donors (Lipinski definition) is 0. The molecule has 1 nitrogen and oxygen atoms in total. The van der Waals surface area contributed by atoms with E-state index in [-0.39, 0.29) is 11.9 Å². The van der Waals surface area contributed by atoms with Gasteiger partial charge in [-0.3, -0.25) is 0 Å². The highest BCUT2D eigenvalue weighted by atomic mass is 127. The zero-order chi connectivity index (χ0) is 10.0. The molecule has 0 saturated carbocycles. The lowest BCUT2D eigenvalue weighted by Gasteiger charge is -2.12. The largest absolute Gasteiger partial charge is 0.487 e. The first kappa shape index (κ1) is 11.0. The molecule has 1 aromatic carbocycles. The summed E-state index contributed by atoms with van der Waals surface area (Å²) in [6.07, 6.45) is -0.0378. The second-order valence-electron chi connectivity index (χ2n) is 2.87. The summed E-state index contributed by atoms with van der Waals surface area (Å²) < 4.78 is 19.2. The van der Waals surface area contributed by atoms with Crippen LogP contribution in [0.5, 0.6) is 5.75 Å². The quantitative estimate of drug-likeness (QED) is 0.753. The predicted molar refractivity (Wildman–Crippen MR) is 59.9 cm³/mol. The summed E-state index contributed by atoms with van der Waals surface area (Å²) in [5, 5.41) is 0.387. The van der Waals surface area contributed by atoms with Crippen molar-refractivity contribution in [3.8, 4) is 5.75 Å². The molecule has 1 rings (SSSR count). The fourth-order valence-corrected chi connectivity index (χ4v) is 1.99. The summed E-state index contributed by atoms with van der Waals surface area (Å²) >= 11 is 7.65. The fraction of sp³-hybridized carbons (Fsp3) is 0.333. The highest BCUT2D eigenvalue weighted by Gasteiger charge is 2.11. The lowest BCUT2D eigenvalue weighted by atomic mass is 10.3. The third-order valence-electron chi connectivity index (χ3n) is 1.32. The first-order chi connectivity index (χ1) is 6.00. The molecule has 0 aliphatic rings. The third kappa shape index (κ3) is 2.98. The SMILES string of the molecule is CC(C)Oc1c(F)cc(Cl)cc1I. The van der Waals surface area contributed by atoms with Gasteiger partial charge in [0.25, 0.3) is 0 Å². The normalized spacial score (nSPS) is 10.6. The number of ether oxygens (including phenoxy) is 1. The van der Waals surface area contributed by atoms with E-state index in [0.717, 1.165) is 0 Å². The Balaban J connectivity index is 3.06. The molecule has 0 heterocycles. The van der Waals surface area contributed by atoms with Gasteiger partial charge >= 0.3 is 0 Å². The summed E-state index contributed by atoms with van der Waals surface area (Å²) in [6, 6.07) is 2.92. The van der Waals surface area contributed by atoms with Crippen molar-refractivity contribution in [1.82, 2.24) is 0 Å². The molecule has 0 aliphatic carbocycles. The standard InChI is InChI=1S/C9H9ClFIO/c1-5(2)13-9-7(11)3-6(10)4-8(9)12/h3-5H,1-2H3. The molecule has 1 aromatic rings. The maximum Gasteiger partial charge on any atom is 0.168 e. The molecule has 0 atom stereocenters. The number of halogens is 3. The maximum absolute atomic E-state index is 13.3. The van der Waals surface area contributed by atoms with Crippen LogP contribution in [0.2, 0.25) is 5.02 Å². The highest BCUT2D eigenvalue weighted by Crippen LogP contribution is 2.28. The van der Waals surface area contributed by atoms with Crippen molar-refractivity contribution in [1.29, 1.82) is 0 Å². The van der Waals surface area contributed by atoms with Crippen LogP contribution >= 0.6 is 34.2 Å². The van der Waals surface area contributed by atoms with Crippen LogP contribution < -0.4 is 4.74 Å². The zero-order valence-electron chi connectivity index (χ0n) is 7.27. The minimum absolute atomic E-state index is 0.0378. The van der Waals surface area contributed by atoms with Gasteiger partial charge in [-0.15, -0.1) is 0 Å². The van der Waals surface area contributed by atoms with E-state index in [9.17, 15) is 4.39 Å². The van der Waals surface area contributed by atoms with Crippen LogP contribution in [-0.4, -0.2) is 6.10 Å². The molecule has 0 N–H and O–H groups in total. The van der Waals surface area contributed by atoms with Gasteiger partial charge in [0.05, 0.1) is 9.67 Å². The van der Waals surface area contributed by atoms with Crippen LogP contribution in [0.1, 0.15) is 13.8 Å². The van der Waals surface area contributed by atoms with Gasteiger partial charge in [-0.2, -0.15) is 0 Å². The average Bonchev–Trinajstić information content (AvgIpc) is 1.96. The number of hydrogen-bond acceptors (Lipinski definition) is 1. The van der Waals surface area contributed by atoms with Gasteiger partial charge in [-0.25, -0.2) is 4.39 Å². The molecule has 0 aromatic heterocycles. The molecule has 72 valence electrons. The van der Waals surface area contributed by atoms with Crippen molar-refractivity contribution >= 4 is 34.2 Å². The molecule has 4 heteroatoms. The average molecular weight is 315 g/mol. The lowest BCUT2D eigenvalue weighted by molar-refractivity contribution is 0.229. The van der Waals surface area contributed by atoms with Gasteiger partial charge in [0.2, 0.25) is 0 Å². The van der Waals surface area contributed by atoms with Gasteiger partial charge < -0.3 is 4.74 Å². The van der Waals surface area contributed by atoms with Gasteiger partial charge in [0, 0.05) is 5.02 Å². The summed E-state index contributed by atoms with van der Waals surface area (Å²) in [5.74, 6) is -0.134. The molecule has 0 radical (unpaired) electrons. The van der Waals surface area contributed by atoms with Crippen LogP contribution in [0, 0.1) is 9.39 Å². The van der Waals surface area contributed by atoms with E-state index in [4.69, 9.17) is 16.3 Å². The molecule has 13 heavy (non-hydrogen) atoms. The van der Waals surface area contributed by atoms with E-state index in [0.29, 0.717) is 8.59 Å². The molecular weight excluding hydrogens is 305 g/mol. The van der Waals surface area contributed by atoms with E-state index in [1.807, 2.05) is 36.4 Å². The zero-order valence-corrected chi connectivity index (χ0v) is 10.2. The molecule has 0 aliphatic heterocycles. The Morgan fingerprint density at radius 1 is 1.46 bits per heavy atom. The van der Waals surface area contributed by atoms with Crippen LogP contribution in [0.15, 0.2) is 12.1 Å². The second-order valence-corrected chi connectivity index (χ2v) is 4.46. The second kappa shape index (κ2) is 4.46. The third-order valence-corrected chi connectivity index (χ3v) is 2.34. The number of benzene rings is 1. The Morgan fingerprint density at radius 3 is 2.54 bits per heavy atom. The van der Waals surface area contributed by atoms with Crippen LogP contribution in [0.3, 0.4) is 0 Å². The van der Waals surface area contributed by atoms with Crippen LogP contribution in [0.4, 0.5) is 4.39 Å². The predicted octanol–water partition coefficient (Wildman–Crippen LogP) is 3.87. The Kier molecular flexibility index (Phi) is 3.79. The van der Waals surface area contributed by atoms with Gasteiger partial charge in [-0.1, -0.05) is 11.6 Å². The number of rotatable bonds is 2. The van der Waals surface area contributed by atoms with E-state index in [1.165, 1.54) is 6.07 Å². The minimum atomic E-state index is -0.411. The highest BCUT2D eigenvalue weighted by molar-refractivity contribution is 14.1. The molecule has 0 bridgehead atoms. The van der Waals surface area contributed by atoms with Crippen molar-refractivity contribution in [2.24, 2.45) is 0 Å². The van der Waals surface area contributed by atoms with Crippen molar-refractivity contribution in [3.05, 3.63) is 26.5 Å². The smallest absolute Gasteiger partial charge is 0.168 e. The molecule has 0 spiro atoms. The summed E-state index contributed by atoms with van der Waals surface area (Å²) in [7, 11) is 0. The lowest BCUT2D eigenvalue weighted by Crippen LogP contribution is -2.08. The van der Waals surface area contributed by atoms with Gasteiger partial charge in [0.15, 0.2) is 11.6 Å². The van der Waals surface area contributed by atoms with Crippen molar-refractivity contribution in [2.45, 2.75) is 20.0 Å². The molecule has 0 saturated heterocycles. The van der Waals surface area contributed by atoms with Gasteiger partial charge in [-0.05, 0) is 48.6 Å². The van der Waals surface area contributed by atoms with E-state index < -0.39 is 5.82 Å². The van der Waals surface area contributed by atoms with Crippen molar-refractivity contribution < 1.29 is 9.13 Å². The summed E-state index contributed by atoms with van der Waals surface area (Å²) in [4.78, 5) is 0. The van der Waals surface area contributed by atoms with Crippen LogP contribution in [-0.2, 0) is 0 Å².